The summed E-state index contributed by atoms with van der Waals surface area (Å²) in [6.45, 7) is 10.8. The molecule has 11 heteroatoms. The number of benzene rings is 2. The molecular weight excluding hydrogens is 594 g/mol. The van der Waals surface area contributed by atoms with Gasteiger partial charge in [0.15, 0.2) is 17.6 Å². The van der Waals surface area contributed by atoms with Gasteiger partial charge in [0.2, 0.25) is 0 Å². The SMILES string of the molecule is CCCOc1ccc(/C=N\NC(=O)[C@H](C)Oc2ccc(C(=O)Nc3sc4c(c3C(=O)OCC)CC[C@H](C)C4)cc2)cc1OCC. The first-order valence-corrected chi connectivity index (χ1v) is 16.2. The second-order valence-corrected chi connectivity index (χ2v) is 11.8. The number of ether oxygens (including phenoxy) is 4. The minimum atomic E-state index is -0.849. The molecule has 3 aromatic rings. The van der Waals surface area contributed by atoms with Crippen molar-refractivity contribution >= 4 is 40.3 Å². The first-order chi connectivity index (χ1) is 21.7. The summed E-state index contributed by atoms with van der Waals surface area (Å²) in [5.74, 6) is 1.00. The van der Waals surface area contributed by atoms with Crippen molar-refractivity contribution in [2.24, 2.45) is 11.0 Å². The van der Waals surface area contributed by atoms with Gasteiger partial charge in [-0.3, -0.25) is 9.59 Å². The Morgan fingerprint density at radius 3 is 2.53 bits per heavy atom. The quantitative estimate of drug-likeness (QED) is 0.119. The molecular formula is C34H41N3O7S. The summed E-state index contributed by atoms with van der Waals surface area (Å²) in [5, 5.41) is 7.48. The number of carbonyl (C=O) groups excluding carboxylic acids is 3. The summed E-state index contributed by atoms with van der Waals surface area (Å²) in [7, 11) is 0. The van der Waals surface area contributed by atoms with Crippen molar-refractivity contribution in [3.05, 3.63) is 69.6 Å². The molecule has 0 radical (unpaired) electrons. The first kappa shape index (κ1) is 33.5. The van der Waals surface area contributed by atoms with Crippen LogP contribution in [-0.4, -0.2) is 49.9 Å². The van der Waals surface area contributed by atoms with E-state index in [0.29, 0.717) is 52.5 Å². The third kappa shape index (κ3) is 8.85. The zero-order valence-corrected chi connectivity index (χ0v) is 27.3. The number of fused-ring (bicyclic) bond motifs is 1. The maximum Gasteiger partial charge on any atom is 0.341 e. The summed E-state index contributed by atoms with van der Waals surface area (Å²) < 4.78 is 22.5. The van der Waals surface area contributed by atoms with E-state index in [1.54, 1.807) is 44.2 Å². The average Bonchev–Trinajstić information content (AvgIpc) is 3.37. The molecule has 0 aliphatic heterocycles. The molecule has 2 aromatic carbocycles. The molecule has 4 rings (SSSR count). The van der Waals surface area contributed by atoms with Gasteiger partial charge in [-0.05, 0) is 106 Å². The Labute approximate surface area is 268 Å². The summed E-state index contributed by atoms with van der Waals surface area (Å²) in [6.07, 6.45) is 4.21. The fraction of sp³-hybridized carbons (Fsp3) is 0.412. The van der Waals surface area contributed by atoms with Gasteiger partial charge in [0.1, 0.15) is 10.8 Å². The van der Waals surface area contributed by atoms with Crippen LogP contribution in [0.15, 0.2) is 47.6 Å². The van der Waals surface area contributed by atoms with Crippen molar-refractivity contribution in [2.75, 3.05) is 25.1 Å². The van der Waals surface area contributed by atoms with Crippen molar-refractivity contribution in [3.8, 4) is 17.2 Å². The summed E-state index contributed by atoms with van der Waals surface area (Å²) in [6, 6.07) is 11.9. The number of rotatable bonds is 14. The number of hydrogen-bond donors (Lipinski definition) is 2. The van der Waals surface area contributed by atoms with Crippen molar-refractivity contribution in [1.82, 2.24) is 5.43 Å². The van der Waals surface area contributed by atoms with Crippen LogP contribution in [0.5, 0.6) is 17.2 Å². The molecule has 45 heavy (non-hydrogen) atoms. The Hall–Kier alpha value is -4.38. The van der Waals surface area contributed by atoms with Crippen LogP contribution in [0.2, 0.25) is 0 Å². The van der Waals surface area contributed by atoms with Gasteiger partial charge in [0.25, 0.3) is 11.8 Å². The van der Waals surface area contributed by atoms with E-state index in [2.05, 4.69) is 22.8 Å². The molecule has 0 bridgehead atoms. The van der Waals surface area contributed by atoms with E-state index in [9.17, 15) is 14.4 Å². The summed E-state index contributed by atoms with van der Waals surface area (Å²) in [5.41, 5.74) is 5.05. The van der Waals surface area contributed by atoms with Crippen LogP contribution in [0.4, 0.5) is 5.00 Å². The average molecular weight is 636 g/mol. The van der Waals surface area contributed by atoms with Gasteiger partial charge < -0.3 is 24.3 Å². The molecule has 1 aliphatic rings. The van der Waals surface area contributed by atoms with Crippen LogP contribution in [-0.2, 0) is 22.4 Å². The van der Waals surface area contributed by atoms with Gasteiger partial charge in [0.05, 0.1) is 31.6 Å². The van der Waals surface area contributed by atoms with Crippen LogP contribution in [0, 0.1) is 5.92 Å². The molecule has 1 aliphatic carbocycles. The number of anilines is 1. The standard InChI is InChI=1S/C34H41N3O7S/c1-6-17-43-27-16-10-23(19-28(27)41-7-2)20-35-37-31(38)22(5)44-25-13-11-24(12-14-25)32(39)36-33-30(34(40)42-8-3)26-15-9-21(4)18-29(26)45-33/h10-14,16,19-22H,6-9,15,17-18H2,1-5H3,(H,36,39)(H,37,38)/b35-20-/t21-,22-/m0/s1. The molecule has 0 saturated carbocycles. The van der Waals surface area contributed by atoms with Crippen LogP contribution < -0.4 is 25.0 Å². The number of carbonyl (C=O) groups is 3. The number of hydrogen-bond acceptors (Lipinski definition) is 9. The lowest BCUT2D eigenvalue weighted by Crippen LogP contribution is -2.33. The highest BCUT2D eigenvalue weighted by atomic mass is 32.1. The highest BCUT2D eigenvalue weighted by molar-refractivity contribution is 7.17. The van der Waals surface area contributed by atoms with Crippen LogP contribution in [0.3, 0.4) is 0 Å². The van der Waals surface area contributed by atoms with Gasteiger partial charge in [0, 0.05) is 10.4 Å². The van der Waals surface area contributed by atoms with E-state index in [-0.39, 0.29) is 12.5 Å². The first-order valence-electron chi connectivity index (χ1n) is 15.4. The highest BCUT2D eigenvalue weighted by Crippen LogP contribution is 2.40. The fourth-order valence-corrected chi connectivity index (χ4v) is 6.24. The maximum absolute atomic E-state index is 13.1. The number of nitrogens with zero attached hydrogens (tertiary/aromatic N) is 1. The lowest BCUT2D eigenvalue weighted by Gasteiger charge is -2.18. The number of nitrogens with one attached hydrogen (secondary N) is 2. The highest BCUT2D eigenvalue weighted by Gasteiger charge is 2.29. The molecule has 0 fully saturated rings. The van der Waals surface area contributed by atoms with E-state index >= 15 is 0 Å². The lowest BCUT2D eigenvalue weighted by molar-refractivity contribution is -0.127. The minimum absolute atomic E-state index is 0.260. The number of hydrazone groups is 1. The Morgan fingerprint density at radius 1 is 1.04 bits per heavy atom. The molecule has 0 spiro atoms. The van der Waals surface area contributed by atoms with Gasteiger partial charge >= 0.3 is 5.97 Å². The largest absolute Gasteiger partial charge is 0.490 e. The fourth-order valence-electron chi connectivity index (χ4n) is 4.84. The Balaban J connectivity index is 1.34. The zero-order chi connectivity index (χ0) is 32.3. The summed E-state index contributed by atoms with van der Waals surface area (Å²) in [4.78, 5) is 39.6. The molecule has 240 valence electrons. The van der Waals surface area contributed by atoms with Gasteiger partial charge in [-0.15, -0.1) is 11.3 Å². The Kier molecular flexibility index (Phi) is 12.0. The van der Waals surface area contributed by atoms with Crippen molar-refractivity contribution in [2.45, 2.75) is 66.4 Å². The number of esters is 1. The molecule has 2 atom stereocenters. The molecule has 2 N–H and O–H groups in total. The lowest BCUT2D eigenvalue weighted by atomic mass is 9.88. The van der Waals surface area contributed by atoms with Gasteiger partial charge in [-0.1, -0.05) is 13.8 Å². The second kappa shape index (κ2) is 16.1. The topological polar surface area (TPSA) is 125 Å². The predicted octanol–water partition coefficient (Wildman–Crippen LogP) is 6.41. The molecule has 0 unspecified atom stereocenters. The van der Waals surface area contributed by atoms with E-state index in [0.717, 1.165) is 41.7 Å². The van der Waals surface area contributed by atoms with Gasteiger partial charge in [-0.2, -0.15) is 5.10 Å². The number of thiophene rings is 1. The van der Waals surface area contributed by atoms with Crippen LogP contribution in [0.1, 0.15) is 84.2 Å². The van der Waals surface area contributed by atoms with E-state index in [1.807, 2.05) is 26.0 Å². The Bertz CT molecular complexity index is 1520. The summed E-state index contributed by atoms with van der Waals surface area (Å²) >= 11 is 1.44. The molecule has 1 heterocycles. The van der Waals surface area contributed by atoms with Crippen molar-refractivity contribution in [1.29, 1.82) is 0 Å². The van der Waals surface area contributed by atoms with E-state index in [4.69, 9.17) is 18.9 Å². The smallest absolute Gasteiger partial charge is 0.341 e. The van der Waals surface area contributed by atoms with Gasteiger partial charge in [-0.25, -0.2) is 10.2 Å². The number of amides is 2. The minimum Gasteiger partial charge on any atom is -0.490 e. The third-order valence-corrected chi connectivity index (χ3v) is 8.30. The Morgan fingerprint density at radius 2 is 1.82 bits per heavy atom. The molecule has 1 aromatic heterocycles. The normalized spacial score (nSPS) is 14.7. The third-order valence-electron chi connectivity index (χ3n) is 7.13. The van der Waals surface area contributed by atoms with Crippen molar-refractivity contribution in [3.63, 3.8) is 0 Å². The van der Waals surface area contributed by atoms with Crippen molar-refractivity contribution < 1.29 is 33.3 Å². The monoisotopic (exact) mass is 635 g/mol. The molecule has 10 nitrogen and oxygen atoms in total. The molecule has 0 saturated heterocycles. The molecule has 2 amide bonds. The predicted molar refractivity (Wildman–Crippen MR) is 175 cm³/mol. The maximum atomic E-state index is 13.1. The van der Waals surface area contributed by atoms with E-state index < -0.39 is 18.0 Å². The van der Waals surface area contributed by atoms with Crippen LogP contribution >= 0.6 is 11.3 Å². The van der Waals surface area contributed by atoms with E-state index in [1.165, 1.54) is 17.6 Å². The zero-order valence-electron chi connectivity index (χ0n) is 26.4. The second-order valence-electron chi connectivity index (χ2n) is 10.7. The van der Waals surface area contributed by atoms with Crippen LogP contribution in [0.25, 0.3) is 0 Å².